The van der Waals surface area contributed by atoms with Crippen molar-refractivity contribution in [3.63, 3.8) is 0 Å². The third-order valence-electron chi connectivity index (χ3n) is 3.76. The number of nitrogens with one attached hydrogen (secondary N) is 1. The lowest BCUT2D eigenvalue weighted by molar-refractivity contribution is -0.121. The molecule has 0 aromatic carbocycles. The number of rotatable bonds is 6. The van der Waals surface area contributed by atoms with Gasteiger partial charge in [-0.15, -0.1) is 11.6 Å². The van der Waals surface area contributed by atoms with Crippen LogP contribution in [0.25, 0.3) is 11.2 Å². The molecule has 1 N–H and O–H groups in total. The first-order chi connectivity index (χ1) is 10.2. The first-order valence-electron chi connectivity index (χ1n) is 7.35. The molecule has 3 rings (SSSR count). The van der Waals surface area contributed by atoms with Gasteiger partial charge in [0.15, 0.2) is 5.65 Å². The molecule has 1 aliphatic carbocycles. The van der Waals surface area contributed by atoms with Crippen LogP contribution in [-0.2, 0) is 17.2 Å². The number of hydrogen-bond acceptors (Lipinski definition) is 3. The van der Waals surface area contributed by atoms with Crippen molar-refractivity contribution >= 4 is 28.7 Å². The normalized spacial score (nSPS) is 14.6. The van der Waals surface area contributed by atoms with Crippen molar-refractivity contribution in [2.24, 2.45) is 0 Å². The fraction of sp³-hybridized carbons (Fsp3) is 0.533. The van der Waals surface area contributed by atoms with Gasteiger partial charge in [-0.1, -0.05) is 0 Å². The summed E-state index contributed by atoms with van der Waals surface area (Å²) in [6.07, 6.45) is 5.33. The molecule has 0 spiro atoms. The topological polar surface area (TPSA) is 59.8 Å². The summed E-state index contributed by atoms with van der Waals surface area (Å²) in [7, 11) is 0. The SMILES string of the molecule is Cc1ccnc2c1nc(CCl)n2CCCC(=O)NC1CC1. The number of aromatic nitrogens is 3. The second-order valence-corrected chi connectivity index (χ2v) is 5.83. The molecule has 6 heteroatoms. The molecule has 21 heavy (non-hydrogen) atoms. The first kappa shape index (κ1) is 14.3. The van der Waals surface area contributed by atoms with Crippen LogP contribution in [0.4, 0.5) is 0 Å². The number of alkyl halides is 1. The van der Waals surface area contributed by atoms with Crippen LogP contribution in [0.3, 0.4) is 0 Å². The van der Waals surface area contributed by atoms with Crippen molar-refractivity contribution < 1.29 is 4.79 Å². The molecule has 0 aliphatic heterocycles. The summed E-state index contributed by atoms with van der Waals surface area (Å²) in [6, 6.07) is 2.37. The van der Waals surface area contributed by atoms with Crippen molar-refractivity contribution in [1.29, 1.82) is 0 Å². The number of nitrogens with zero attached hydrogens (tertiary/aromatic N) is 3. The quantitative estimate of drug-likeness (QED) is 0.834. The van der Waals surface area contributed by atoms with E-state index in [1.807, 2.05) is 17.6 Å². The van der Waals surface area contributed by atoms with Gasteiger partial charge in [0.1, 0.15) is 11.3 Å². The van der Waals surface area contributed by atoms with Gasteiger partial charge in [-0.3, -0.25) is 4.79 Å². The third kappa shape index (κ3) is 3.18. The van der Waals surface area contributed by atoms with Crippen LogP contribution in [0, 0.1) is 6.92 Å². The van der Waals surface area contributed by atoms with Crippen molar-refractivity contribution in [1.82, 2.24) is 19.9 Å². The molecule has 0 radical (unpaired) electrons. The predicted octanol–water partition coefficient (Wildman–Crippen LogP) is 2.54. The van der Waals surface area contributed by atoms with Crippen molar-refractivity contribution in [3.05, 3.63) is 23.7 Å². The monoisotopic (exact) mass is 306 g/mol. The highest BCUT2D eigenvalue weighted by Gasteiger charge is 2.22. The van der Waals surface area contributed by atoms with E-state index in [2.05, 4.69) is 15.3 Å². The Morgan fingerprint density at radius 3 is 3.05 bits per heavy atom. The number of halogens is 1. The number of imidazole rings is 1. The lowest BCUT2D eigenvalue weighted by atomic mass is 10.2. The molecule has 2 aromatic heterocycles. The summed E-state index contributed by atoms with van der Waals surface area (Å²) in [5, 5.41) is 3.00. The van der Waals surface area contributed by atoms with E-state index in [1.54, 1.807) is 6.20 Å². The van der Waals surface area contributed by atoms with Crippen molar-refractivity contribution in [3.8, 4) is 0 Å². The number of hydrogen-bond donors (Lipinski definition) is 1. The van der Waals surface area contributed by atoms with E-state index >= 15 is 0 Å². The number of carbonyl (C=O) groups is 1. The summed E-state index contributed by atoms with van der Waals surface area (Å²) < 4.78 is 2.03. The van der Waals surface area contributed by atoms with E-state index in [1.165, 1.54) is 0 Å². The maximum atomic E-state index is 11.7. The molecule has 1 aliphatic rings. The Morgan fingerprint density at radius 2 is 2.33 bits per heavy atom. The largest absolute Gasteiger partial charge is 0.353 e. The Hall–Kier alpha value is -1.62. The van der Waals surface area contributed by atoms with Gasteiger partial charge in [0, 0.05) is 25.2 Å². The molecule has 1 amide bonds. The van der Waals surface area contributed by atoms with Gasteiger partial charge in [-0.05, 0) is 37.8 Å². The highest BCUT2D eigenvalue weighted by molar-refractivity contribution is 6.16. The molecule has 0 saturated heterocycles. The summed E-state index contributed by atoms with van der Waals surface area (Å²) in [5.41, 5.74) is 2.85. The maximum Gasteiger partial charge on any atom is 0.220 e. The Labute approximate surface area is 128 Å². The van der Waals surface area contributed by atoms with Crippen molar-refractivity contribution in [2.45, 2.75) is 51.1 Å². The van der Waals surface area contributed by atoms with E-state index in [0.29, 0.717) is 24.9 Å². The summed E-state index contributed by atoms with van der Waals surface area (Å²) >= 11 is 5.98. The van der Waals surface area contributed by atoms with Crippen LogP contribution >= 0.6 is 11.6 Å². The smallest absolute Gasteiger partial charge is 0.220 e. The number of amides is 1. The van der Waals surface area contributed by atoms with Crippen LogP contribution in [0.1, 0.15) is 37.1 Å². The van der Waals surface area contributed by atoms with Crippen molar-refractivity contribution in [2.75, 3.05) is 0 Å². The van der Waals surface area contributed by atoms with Gasteiger partial charge in [-0.25, -0.2) is 9.97 Å². The average Bonchev–Trinajstić information content (AvgIpc) is 3.19. The highest BCUT2D eigenvalue weighted by Crippen LogP contribution is 2.20. The maximum absolute atomic E-state index is 11.7. The summed E-state index contributed by atoms with van der Waals surface area (Å²) in [5.74, 6) is 1.30. The second kappa shape index (κ2) is 6.02. The second-order valence-electron chi connectivity index (χ2n) is 5.56. The third-order valence-corrected chi connectivity index (χ3v) is 4.00. The lowest BCUT2D eigenvalue weighted by Gasteiger charge is -2.07. The predicted molar refractivity (Wildman–Crippen MR) is 82.2 cm³/mol. The van der Waals surface area contributed by atoms with E-state index in [-0.39, 0.29) is 5.91 Å². The number of aryl methyl sites for hydroxylation is 2. The van der Waals surface area contributed by atoms with E-state index in [4.69, 9.17) is 11.6 Å². The Balaban J connectivity index is 1.70. The zero-order valence-electron chi connectivity index (χ0n) is 12.1. The molecule has 2 aromatic rings. The molecule has 0 bridgehead atoms. The molecular formula is C15H19ClN4O. The fourth-order valence-electron chi connectivity index (χ4n) is 2.45. The molecule has 5 nitrogen and oxygen atoms in total. The first-order valence-corrected chi connectivity index (χ1v) is 7.88. The minimum absolute atomic E-state index is 0.137. The molecule has 1 fully saturated rings. The van der Waals surface area contributed by atoms with Crippen LogP contribution in [0.5, 0.6) is 0 Å². The number of carbonyl (C=O) groups excluding carboxylic acids is 1. The zero-order chi connectivity index (χ0) is 14.8. The van der Waals surface area contributed by atoms with E-state index < -0.39 is 0 Å². The molecule has 2 heterocycles. The molecule has 112 valence electrons. The van der Waals surface area contributed by atoms with Crippen LogP contribution < -0.4 is 5.32 Å². The fourth-order valence-corrected chi connectivity index (χ4v) is 2.65. The van der Waals surface area contributed by atoms with Crippen LogP contribution in [0.2, 0.25) is 0 Å². The minimum atomic E-state index is 0.137. The Bertz CT molecular complexity index is 663. The van der Waals surface area contributed by atoms with Gasteiger partial charge in [0.2, 0.25) is 5.91 Å². The van der Waals surface area contributed by atoms with Crippen LogP contribution in [-0.4, -0.2) is 26.5 Å². The minimum Gasteiger partial charge on any atom is -0.353 e. The van der Waals surface area contributed by atoms with Gasteiger partial charge >= 0.3 is 0 Å². The molecular weight excluding hydrogens is 288 g/mol. The molecule has 0 atom stereocenters. The summed E-state index contributed by atoms with van der Waals surface area (Å²) in [6.45, 7) is 2.73. The number of pyridine rings is 1. The van der Waals surface area contributed by atoms with Gasteiger partial charge < -0.3 is 9.88 Å². The Morgan fingerprint density at radius 1 is 1.52 bits per heavy atom. The van der Waals surface area contributed by atoms with Gasteiger partial charge in [-0.2, -0.15) is 0 Å². The van der Waals surface area contributed by atoms with Gasteiger partial charge in [0.05, 0.1) is 5.88 Å². The molecule has 0 unspecified atom stereocenters. The van der Waals surface area contributed by atoms with Gasteiger partial charge in [0.25, 0.3) is 0 Å². The standard InChI is InChI=1S/C15H19ClN4O/c1-10-6-7-17-15-14(10)19-12(9-16)20(15)8-2-3-13(21)18-11-4-5-11/h6-7,11H,2-5,8-9H2,1H3,(H,18,21). The number of fused-ring (bicyclic) bond motifs is 1. The molecule has 1 saturated carbocycles. The van der Waals surface area contributed by atoms with E-state index in [0.717, 1.165) is 41.8 Å². The van der Waals surface area contributed by atoms with E-state index in [9.17, 15) is 4.79 Å². The lowest BCUT2D eigenvalue weighted by Crippen LogP contribution is -2.25. The highest BCUT2D eigenvalue weighted by atomic mass is 35.5. The zero-order valence-corrected chi connectivity index (χ0v) is 12.9. The van der Waals surface area contributed by atoms with Crippen LogP contribution in [0.15, 0.2) is 12.3 Å². The average molecular weight is 307 g/mol. The summed E-state index contributed by atoms with van der Waals surface area (Å²) in [4.78, 5) is 20.7. The Kier molecular flexibility index (Phi) is 4.10.